The van der Waals surface area contributed by atoms with Gasteiger partial charge in [-0.15, -0.1) is 0 Å². The minimum absolute atomic E-state index is 0.0116. The van der Waals surface area contributed by atoms with Gasteiger partial charge in [-0.2, -0.15) is 0 Å². The number of aromatic nitrogens is 5. The Balaban J connectivity index is 1.26. The second kappa shape index (κ2) is 12.1. The average Bonchev–Trinajstić information content (AvgIpc) is 3.46. The van der Waals surface area contributed by atoms with Gasteiger partial charge in [0.1, 0.15) is 23.0 Å². The number of hydrogen-bond donors (Lipinski definition) is 0. The Hall–Kier alpha value is -6.34. The van der Waals surface area contributed by atoms with Crippen LogP contribution >= 0.6 is 0 Å². The number of ether oxygens (including phenoxy) is 2. The van der Waals surface area contributed by atoms with Gasteiger partial charge in [0.05, 0.1) is 22.4 Å². The standard InChI is InChI=1S/C41H31N5O2/c1-26-27(2)44-41(45-28(26)3)46-39-24-33(47-31-12-8-10-29(22-31)37-14-4-6-20-42-37)16-18-35(39)36-19-17-34(25-40(36)46)48-32-13-9-11-30(23-32)38-15-5-7-21-43-38/h4-25H,1-3H3/i2D3. The summed E-state index contributed by atoms with van der Waals surface area (Å²) < 4.78 is 39.3. The van der Waals surface area contributed by atoms with Gasteiger partial charge >= 0.3 is 0 Å². The highest BCUT2D eigenvalue weighted by atomic mass is 16.5. The summed E-state index contributed by atoms with van der Waals surface area (Å²) in [7, 11) is 0. The molecule has 0 radical (unpaired) electrons. The van der Waals surface area contributed by atoms with Crippen LogP contribution in [-0.2, 0) is 0 Å². The Bertz CT molecular complexity index is 2410. The molecule has 7 nitrogen and oxygen atoms in total. The lowest BCUT2D eigenvalue weighted by Gasteiger charge is -2.12. The lowest BCUT2D eigenvalue weighted by molar-refractivity contribution is 0.483. The monoisotopic (exact) mass is 628 g/mol. The molecule has 0 unspecified atom stereocenters. The van der Waals surface area contributed by atoms with Crippen molar-refractivity contribution in [2.45, 2.75) is 20.7 Å². The fourth-order valence-electron chi connectivity index (χ4n) is 5.81. The number of benzene rings is 4. The summed E-state index contributed by atoms with van der Waals surface area (Å²) in [5, 5.41) is 1.83. The highest BCUT2D eigenvalue weighted by Crippen LogP contribution is 2.38. The molecule has 0 spiro atoms. The van der Waals surface area contributed by atoms with Gasteiger partial charge in [0.2, 0.25) is 5.95 Å². The third-order valence-electron chi connectivity index (χ3n) is 8.35. The molecule has 0 amide bonds. The van der Waals surface area contributed by atoms with Gasteiger partial charge in [-0.05, 0) is 99.1 Å². The van der Waals surface area contributed by atoms with Gasteiger partial charge in [-0.3, -0.25) is 14.5 Å². The Morgan fingerprint density at radius 3 is 1.56 bits per heavy atom. The molecule has 0 saturated carbocycles. The molecule has 0 atom stereocenters. The number of rotatable bonds is 7. The third kappa shape index (κ3) is 5.52. The Kier molecular flexibility index (Phi) is 6.51. The van der Waals surface area contributed by atoms with Crippen molar-refractivity contribution < 1.29 is 13.6 Å². The largest absolute Gasteiger partial charge is 0.457 e. The molecule has 4 aromatic heterocycles. The van der Waals surface area contributed by atoms with E-state index in [0.29, 0.717) is 34.3 Å². The van der Waals surface area contributed by atoms with Crippen molar-refractivity contribution in [2.24, 2.45) is 0 Å². The fourth-order valence-corrected chi connectivity index (χ4v) is 5.81. The van der Waals surface area contributed by atoms with Crippen LogP contribution in [0.25, 0.3) is 50.3 Å². The van der Waals surface area contributed by atoms with E-state index >= 15 is 0 Å². The predicted octanol–water partition coefficient (Wildman–Crippen LogP) is 10.2. The van der Waals surface area contributed by atoms with Crippen LogP contribution in [0.2, 0.25) is 0 Å². The topological polar surface area (TPSA) is 75.0 Å². The van der Waals surface area contributed by atoms with Crippen LogP contribution in [0.1, 0.15) is 21.1 Å². The minimum atomic E-state index is -2.43. The molecule has 8 rings (SSSR count). The summed E-state index contributed by atoms with van der Waals surface area (Å²) >= 11 is 0. The lowest BCUT2D eigenvalue weighted by Crippen LogP contribution is -2.06. The first-order chi connectivity index (χ1) is 24.7. The molecule has 0 bridgehead atoms. The minimum Gasteiger partial charge on any atom is -0.457 e. The summed E-state index contributed by atoms with van der Waals surface area (Å²) in [5.41, 5.74) is 6.18. The number of pyridine rings is 2. The van der Waals surface area contributed by atoms with Gasteiger partial charge in [0.15, 0.2) is 0 Å². The van der Waals surface area contributed by atoms with Gasteiger partial charge in [-0.1, -0.05) is 36.4 Å². The molecule has 0 N–H and O–H groups in total. The Labute approximate surface area is 282 Å². The van der Waals surface area contributed by atoms with E-state index in [0.717, 1.165) is 44.3 Å². The van der Waals surface area contributed by atoms with Crippen LogP contribution in [0.4, 0.5) is 0 Å². The van der Waals surface area contributed by atoms with Crippen molar-refractivity contribution >= 4 is 21.8 Å². The number of aryl methyl sites for hydroxylation is 2. The predicted molar refractivity (Wildman–Crippen MR) is 190 cm³/mol. The first-order valence-corrected chi connectivity index (χ1v) is 15.5. The van der Waals surface area contributed by atoms with Gasteiger partial charge in [-0.25, -0.2) is 9.97 Å². The summed E-state index contributed by atoms with van der Waals surface area (Å²) in [4.78, 5) is 18.4. The molecule has 0 aliphatic rings. The van der Waals surface area contributed by atoms with Crippen LogP contribution in [0.3, 0.4) is 0 Å². The van der Waals surface area contributed by atoms with Crippen LogP contribution in [0, 0.1) is 20.7 Å². The van der Waals surface area contributed by atoms with E-state index in [1.54, 1.807) is 26.2 Å². The molecule has 232 valence electrons. The SMILES string of the molecule is [2H]C([2H])([2H])c1nc(-n2c3cc(Oc4cccc(-c5ccccn5)c4)ccc3c3ccc(Oc4cccc(-c5ccccn5)c4)cc32)nc(C)c1C. The normalized spacial score (nSPS) is 12.4. The molecule has 4 heterocycles. The molecule has 0 aliphatic heterocycles. The molecule has 4 aromatic carbocycles. The fraction of sp³-hybridized carbons (Fsp3) is 0.0732. The highest BCUT2D eigenvalue weighted by molar-refractivity contribution is 6.09. The van der Waals surface area contributed by atoms with Crippen molar-refractivity contribution in [3.05, 3.63) is 151 Å². The van der Waals surface area contributed by atoms with Crippen LogP contribution in [-0.4, -0.2) is 24.5 Å². The smallest absolute Gasteiger partial charge is 0.235 e. The highest BCUT2D eigenvalue weighted by Gasteiger charge is 2.18. The van der Waals surface area contributed by atoms with Crippen LogP contribution < -0.4 is 9.47 Å². The molecule has 0 saturated heterocycles. The average molecular weight is 629 g/mol. The van der Waals surface area contributed by atoms with E-state index in [9.17, 15) is 0 Å². The molecule has 8 aromatic rings. The van der Waals surface area contributed by atoms with Crippen LogP contribution in [0.5, 0.6) is 23.0 Å². The summed E-state index contributed by atoms with van der Waals surface area (Å²) in [5.74, 6) is 2.72. The van der Waals surface area contributed by atoms with E-state index in [2.05, 4.69) is 15.0 Å². The van der Waals surface area contributed by atoms with E-state index in [4.69, 9.17) is 18.6 Å². The van der Waals surface area contributed by atoms with Crippen molar-refractivity contribution in [2.75, 3.05) is 0 Å². The zero-order valence-corrected chi connectivity index (χ0v) is 26.3. The van der Waals surface area contributed by atoms with Crippen LogP contribution in [0.15, 0.2) is 134 Å². The second-order valence-electron chi connectivity index (χ2n) is 11.5. The number of hydrogen-bond acceptors (Lipinski definition) is 6. The Morgan fingerprint density at radius 2 is 1.06 bits per heavy atom. The van der Waals surface area contributed by atoms with Gasteiger partial charge in [0, 0.05) is 61.9 Å². The molecular weight excluding hydrogens is 594 g/mol. The summed E-state index contributed by atoms with van der Waals surface area (Å²) in [6.45, 7) is 1.11. The molecule has 0 fully saturated rings. The third-order valence-corrected chi connectivity index (χ3v) is 8.35. The van der Waals surface area contributed by atoms with Crippen molar-refractivity contribution in [3.63, 3.8) is 0 Å². The van der Waals surface area contributed by atoms with E-state index in [1.807, 2.05) is 126 Å². The van der Waals surface area contributed by atoms with E-state index < -0.39 is 6.85 Å². The maximum atomic E-state index is 8.22. The first-order valence-electron chi connectivity index (χ1n) is 17.0. The molecule has 0 aliphatic carbocycles. The van der Waals surface area contributed by atoms with Crippen molar-refractivity contribution in [3.8, 4) is 51.5 Å². The maximum absolute atomic E-state index is 8.22. The molecule has 48 heavy (non-hydrogen) atoms. The number of fused-ring (bicyclic) bond motifs is 3. The van der Waals surface area contributed by atoms with Gasteiger partial charge in [0.25, 0.3) is 0 Å². The number of nitrogens with zero attached hydrogens (tertiary/aromatic N) is 5. The summed E-state index contributed by atoms with van der Waals surface area (Å²) in [6.07, 6.45) is 3.52. The van der Waals surface area contributed by atoms with Crippen molar-refractivity contribution in [1.82, 2.24) is 24.5 Å². The maximum Gasteiger partial charge on any atom is 0.235 e. The lowest BCUT2D eigenvalue weighted by atomic mass is 10.1. The van der Waals surface area contributed by atoms with E-state index in [1.165, 1.54) is 0 Å². The Morgan fingerprint density at radius 1 is 0.542 bits per heavy atom. The zero-order chi connectivity index (χ0) is 35.1. The zero-order valence-electron chi connectivity index (χ0n) is 29.3. The molecular formula is C41H31N5O2. The quantitative estimate of drug-likeness (QED) is 0.175. The first kappa shape index (κ1) is 25.8. The van der Waals surface area contributed by atoms with Crippen molar-refractivity contribution in [1.29, 1.82) is 0 Å². The second-order valence-corrected chi connectivity index (χ2v) is 11.5. The van der Waals surface area contributed by atoms with E-state index in [-0.39, 0.29) is 11.6 Å². The molecule has 7 heteroatoms. The summed E-state index contributed by atoms with van der Waals surface area (Å²) in [6, 6.07) is 38.8. The van der Waals surface area contributed by atoms with Gasteiger partial charge < -0.3 is 9.47 Å².